The van der Waals surface area contributed by atoms with E-state index < -0.39 is 25.2 Å². The highest BCUT2D eigenvalue weighted by Crippen LogP contribution is 2.33. The molecule has 1 aliphatic heterocycles. The Bertz CT molecular complexity index is 462. The lowest BCUT2D eigenvalue weighted by Gasteiger charge is -2.25. The van der Waals surface area contributed by atoms with E-state index in [1.807, 2.05) is 0 Å². The molecule has 1 aromatic rings. The molecule has 1 saturated heterocycles. The summed E-state index contributed by atoms with van der Waals surface area (Å²) >= 11 is 3.30. The SMILES string of the molecule is COc1c(Br)cccc1CC(F)(F)COC1CCCCO1. The average molecular weight is 365 g/mol. The molecule has 21 heavy (non-hydrogen) atoms. The summed E-state index contributed by atoms with van der Waals surface area (Å²) in [6, 6.07) is 5.10. The lowest BCUT2D eigenvalue weighted by atomic mass is 10.1. The van der Waals surface area contributed by atoms with Gasteiger partial charge in [-0.15, -0.1) is 0 Å². The van der Waals surface area contributed by atoms with Crippen LogP contribution in [0, 0.1) is 0 Å². The summed E-state index contributed by atoms with van der Waals surface area (Å²) in [5.74, 6) is -2.53. The highest BCUT2D eigenvalue weighted by molar-refractivity contribution is 9.10. The van der Waals surface area contributed by atoms with Crippen LogP contribution in [0.3, 0.4) is 0 Å². The third-order valence-corrected chi connectivity index (χ3v) is 3.94. The van der Waals surface area contributed by atoms with Crippen LogP contribution in [0.25, 0.3) is 0 Å². The molecule has 0 N–H and O–H groups in total. The number of halogens is 3. The Morgan fingerprint density at radius 2 is 2.19 bits per heavy atom. The van der Waals surface area contributed by atoms with E-state index in [9.17, 15) is 8.78 Å². The first-order valence-corrected chi connectivity index (χ1v) is 7.73. The molecule has 2 rings (SSSR count). The summed E-state index contributed by atoms with van der Waals surface area (Å²) in [5, 5.41) is 0. The Balaban J connectivity index is 1.95. The fraction of sp³-hybridized carbons (Fsp3) is 0.600. The smallest absolute Gasteiger partial charge is 0.275 e. The highest BCUT2D eigenvalue weighted by Gasteiger charge is 2.33. The van der Waals surface area contributed by atoms with Gasteiger partial charge in [0.25, 0.3) is 5.92 Å². The molecule has 1 fully saturated rings. The lowest BCUT2D eigenvalue weighted by Crippen LogP contribution is -2.32. The second-order valence-corrected chi connectivity index (χ2v) is 5.93. The Labute approximate surface area is 131 Å². The van der Waals surface area contributed by atoms with Crippen LogP contribution in [0.15, 0.2) is 22.7 Å². The molecule has 0 amide bonds. The normalized spacial score (nSPS) is 19.5. The van der Waals surface area contributed by atoms with E-state index in [-0.39, 0.29) is 0 Å². The van der Waals surface area contributed by atoms with Gasteiger partial charge in [-0.25, -0.2) is 8.78 Å². The highest BCUT2D eigenvalue weighted by atomic mass is 79.9. The van der Waals surface area contributed by atoms with Gasteiger partial charge in [-0.05, 0) is 41.3 Å². The van der Waals surface area contributed by atoms with Crippen molar-refractivity contribution in [1.82, 2.24) is 0 Å². The van der Waals surface area contributed by atoms with Crippen LogP contribution in [0.5, 0.6) is 5.75 Å². The van der Waals surface area contributed by atoms with Crippen molar-refractivity contribution in [3.05, 3.63) is 28.2 Å². The quantitative estimate of drug-likeness (QED) is 0.757. The molecule has 1 aliphatic rings. The summed E-state index contributed by atoms with van der Waals surface area (Å²) < 4.78 is 44.5. The number of rotatable bonds is 6. The third-order valence-electron chi connectivity index (χ3n) is 3.32. The largest absolute Gasteiger partial charge is 0.495 e. The third kappa shape index (κ3) is 4.90. The van der Waals surface area contributed by atoms with Gasteiger partial charge in [0.2, 0.25) is 0 Å². The molecule has 3 nitrogen and oxygen atoms in total. The van der Waals surface area contributed by atoms with Crippen LogP contribution < -0.4 is 4.74 Å². The van der Waals surface area contributed by atoms with Crippen molar-refractivity contribution >= 4 is 15.9 Å². The van der Waals surface area contributed by atoms with Crippen LogP contribution in [0.2, 0.25) is 0 Å². The van der Waals surface area contributed by atoms with Gasteiger partial charge in [-0.1, -0.05) is 12.1 Å². The maximum atomic E-state index is 14.1. The minimum atomic E-state index is -2.96. The topological polar surface area (TPSA) is 27.7 Å². The first-order chi connectivity index (χ1) is 10.0. The molecule has 0 radical (unpaired) electrons. The van der Waals surface area contributed by atoms with E-state index in [1.54, 1.807) is 18.2 Å². The van der Waals surface area contributed by atoms with Crippen LogP contribution in [-0.4, -0.2) is 32.5 Å². The fourth-order valence-corrected chi connectivity index (χ4v) is 2.88. The van der Waals surface area contributed by atoms with Crippen LogP contribution >= 0.6 is 15.9 Å². The summed E-state index contributed by atoms with van der Waals surface area (Å²) in [7, 11) is 1.47. The lowest BCUT2D eigenvalue weighted by molar-refractivity contribution is -0.200. The molecule has 1 atom stereocenters. The molecule has 1 unspecified atom stereocenters. The van der Waals surface area contributed by atoms with E-state index in [2.05, 4.69) is 15.9 Å². The number of alkyl halides is 2. The van der Waals surface area contributed by atoms with E-state index >= 15 is 0 Å². The van der Waals surface area contributed by atoms with Gasteiger partial charge in [-0.3, -0.25) is 0 Å². The van der Waals surface area contributed by atoms with Gasteiger partial charge >= 0.3 is 0 Å². The van der Waals surface area contributed by atoms with Gasteiger partial charge < -0.3 is 14.2 Å². The Morgan fingerprint density at radius 1 is 1.38 bits per heavy atom. The van der Waals surface area contributed by atoms with Gasteiger partial charge in [0.15, 0.2) is 6.29 Å². The summed E-state index contributed by atoms with van der Waals surface area (Å²) in [6.07, 6.45) is 1.66. The van der Waals surface area contributed by atoms with Gasteiger partial charge in [0.05, 0.1) is 11.6 Å². The molecule has 1 aromatic carbocycles. The first-order valence-electron chi connectivity index (χ1n) is 6.94. The number of para-hydroxylation sites is 1. The number of benzene rings is 1. The zero-order valence-electron chi connectivity index (χ0n) is 11.9. The summed E-state index contributed by atoms with van der Waals surface area (Å²) in [5.41, 5.74) is 0.449. The minimum Gasteiger partial charge on any atom is -0.495 e. The molecule has 6 heteroatoms. The summed E-state index contributed by atoms with van der Waals surface area (Å²) in [4.78, 5) is 0. The molecule has 118 valence electrons. The Kier molecular flexibility index (Phi) is 5.96. The van der Waals surface area contributed by atoms with E-state index in [0.717, 1.165) is 12.8 Å². The predicted octanol–water partition coefficient (Wildman–Crippen LogP) is 4.18. The number of hydrogen-bond donors (Lipinski definition) is 0. The number of methoxy groups -OCH3 is 1. The van der Waals surface area contributed by atoms with E-state index in [1.165, 1.54) is 7.11 Å². The van der Waals surface area contributed by atoms with Gasteiger partial charge in [0, 0.05) is 18.6 Å². The predicted molar refractivity (Wildman–Crippen MR) is 78.9 cm³/mol. The average Bonchev–Trinajstić information content (AvgIpc) is 2.46. The first kappa shape index (κ1) is 16.6. The zero-order chi connectivity index (χ0) is 15.3. The van der Waals surface area contributed by atoms with Crippen molar-refractivity contribution < 1.29 is 23.0 Å². The molecule has 0 saturated carbocycles. The monoisotopic (exact) mass is 364 g/mol. The zero-order valence-corrected chi connectivity index (χ0v) is 13.5. The standard InChI is InChI=1S/C15H19BrF2O3/c1-19-14-11(5-4-6-12(14)16)9-15(17,18)10-21-13-7-2-3-8-20-13/h4-6,13H,2-3,7-10H2,1H3. The van der Waals surface area contributed by atoms with E-state index in [0.29, 0.717) is 28.8 Å². The number of hydrogen-bond acceptors (Lipinski definition) is 3. The second kappa shape index (κ2) is 7.51. The minimum absolute atomic E-state index is 0.428. The molecule has 0 bridgehead atoms. The molecule has 0 aliphatic carbocycles. The van der Waals surface area contributed by atoms with Crippen LogP contribution in [0.1, 0.15) is 24.8 Å². The molecule has 0 spiro atoms. The van der Waals surface area contributed by atoms with Crippen LogP contribution in [-0.2, 0) is 15.9 Å². The van der Waals surface area contributed by atoms with Crippen molar-refractivity contribution in [3.8, 4) is 5.75 Å². The van der Waals surface area contributed by atoms with Gasteiger partial charge in [0.1, 0.15) is 12.4 Å². The number of ether oxygens (including phenoxy) is 3. The molecular weight excluding hydrogens is 346 g/mol. The Morgan fingerprint density at radius 3 is 2.86 bits per heavy atom. The van der Waals surface area contributed by atoms with Crippen molar-refractivity contribution in [2.75, 3.05) is 20.3 Å². The fourth-order valence-electron chi connectivity index (χ4n) is 2.31. The van der Waals surface area contributed by atoms with Gasteiger partial charge in [-0.2, -0.15) is 0 Å². The van der Waals surface area contributed by atoms with Crippen LogP contribution in [0.4, 0.5) is 8.78 Å². The van der Waals surface area contributed by atoms with E-state index in [4.69, 9.17) is 14.2 Å². The second-order valence-electron chi connectivity index (χ2n) is 5.07. The molecule has 0 aromatic heterocycles. The maximum absolute atomic E-state index is 14.1. The molecular formula is C15H19BrF2O3. The van der Waals surface area contributed by atoms with Crippen molar-refractivity contribution in [2.24, 2.45) is 0 Å². The van der Waals surface area contributed by atoms with Crippen molar-refractivity contribution in [2.45, 2.75) is 37.9 Å². The van der Waals surface area contributed by atoms with Crippen molar-refractivity contribution in [3.63, 3.8) is 0 Å². The summed E-state index contributed by atoms with van der Waals surface area (Å²) in [6.45, 7) is -0.0664. The van der Waals surface area contributed by atoms with Crippen molar-refractivity contribution in [1.29, 1.82) is 0 Å². The molecule has 1 heterocycles. The Hall–Kier alpha value is -0.720. The maximum Gasteiger partial charge on any atom is 0.275 e.